The average molecular weight is 233 g/mol. The van der Waals surface area contributed by atoms with Crippen LogP contribution in [0.1, 0.15) is 25.7 Å². The second kappa shape index (κ2) is 5.72. The SMILES string of the molecule is NC1(C(=O)O)CCCC1CCSCCO. The Morgan fingerprint density at radius 2 is 2.27 bits per heavy atom. The van der Waals surface area contributed by atoms with Gasteiger partial charge in [-0.25, -0.2) is 0 Å². The lowest BCUT2D eigenvalue weighted by Crippen LogP contribution is -2.51. The van der Waals surface area contributed by atoms with Crippen LogP contribution in [0.5, 0.6) is 0 Å². The molecule has 0 aliphatic heterocycles. The normalized spacial score (nSPS) is 30.7. The van der Waals surface area contributed by atoms with Crippen LogP contribution in [0.15, 0.2) is 0 Å². The second-order valence-corrected chi connectivity index (χ2v) is 5.28. The van der Waals surface area contributed by atoms with E-state index in [1.54, 1.807) is 11.8 Å². The van der Waals surface area contributed by atoms with E-state index < -0.39 is 11.5 Å². The fourth-order valence-corrected chi connectivity index (χ4v) is 2.96. The topological polar surface area (TPSA) is 83.6 Å². The van der Waals surface area contributed by atoms with Gasteiger partial charge in [-0.05, 0) is 30.9 Å². The lowest BCUT2D eigenvalue weighted by Gasteiger charge is -2.26. The highest BCUT2D eigenvalue weighted by molar-refractivity contribution is 7.99. The second-order valence-electron chi connectivity index (χ2n) is 4.06. The maximum absolute atomic E-state index is 11.1. The Labute approximate surface area is 94.2 Å². The minimum absolute atomic E-state index is 0.0983. The number of carbonyl (C=O) groups is 1. The maximum atomic E-state index is 11.1. The van der Waals surface area contributed by atoms with Crippen molar-refractivity contribution in [2.45, 2.75) is 31.2 Å². The van der Waals surface area contributed by atoms with Crippen molar-refractivity contribution in [3.8, 4) is 0 Å². The summed E-state index contributed by atoms with van der Waals surface area (Å²) in [5, 5.41) is 17.7. The third-order valence-electron chi connectivity index (χ3n) is 3.12. The van der Waals surface area contributed by atoms with Crippen molar-refractivity contribution in [3.05, 3.63) is 0 Å². The first-order valence-electron chi connectivity index (χ1n) is 5.32. The van der Waals surface area contributed by atoms with Crippen molar-refractivity contribution < 1.29 is 15.0 Å². The number of aliphatic hydroxyl groups excluding tert-OH is 1. The van der Waals surface area contributed by atoms with Gasteiger partial charge in [0.15, 0.2) is 0 Å². The van der Waals surface area contributed by atoms with Crippen LogP contribution in [0.25, 0.3) is 0 Å². The highest BCUT2D eigenvalue weighted by atomic mass is 32.2. The summed E-state index contributed by atoms with van der Waals surface area (Å²) < 4.78 is 0. The minimum atomic E-state index is -1.00. The molecule has 1 aliphatic carbocycles. The molecule has 4 nitrogen and oxygen atoms in total. The molecule has 0 aromatic carbocycles. The van der Waals surface area contributed by atoms with Crippen LogP contribution in [0.3, 0.4) is 0 Å². The van der Waals surface area contributed by atoms with E-state index in [2.05, 4.69) is 0 Å². The van der Waals surface area contributed by atoms with E-state index in [1.165, 1.54) is 0 Å². The zero-order valence-corrected chi connectivity index (χ0v) is 9.63. The fraction of sp³-hybridized carbons (Fsp3) is 0.900. The predicted octanol–water partition coefficient (Wildman–Crippen LogP) is 0.684. The van der Waals surface area contributed by atoms with E-state index in [0.29, 0.717) is 6.42 Å². The highest BCUT2D eigenvalue weighted by Gasteiger charge is 2.45. The first-order chi connectivity index (χ1) is 7.11. The molecule has 1 fully saturated rings. The van der Waals surface area contributed by atoms with E-state index in [4.69, 9.17) is 15.9 Å². The number of hydrogen-bond donors (Lipinski definition) is 3. The van der Waals surface area contributed by atoms with Gasteiger partial charge >= 0.3 is 5.97 Å². The summed E-state index contributed by atoms with van der Waals surface area (Å²) in [7, 11) is 0. The van der Waals surface area contributed by atoms with Crippen LogP contribution >= 0.6 is 11.8 Å². The molecule has 0 bridgehead atoms. The van der Waals surface area contributed by atoms with E-state index in [9.17, 15) is 4.79 Å². The third kappa shape index (κ3) is 3.09. The summed E-state index contributed by atoms with van der Waals surface area (Å²) in [6, 6.07) is 0. The van der Waals surface area contributed by atoms with Gasteiger partial charge in [-0.3, -0.25) is 4.79 Å². The van der Waals surface area contributed by atoms with E-state index in [1.807, 2.05) is 0 Å². The summed E-state index contributed by atoms with van der Waals surface area (Å²) in [6.45, 7) is 0.183. The number of hydrogen-bond acceptors (Lipinski definition) is 4. The molecule has 0 amide bonds. The smallest absolute Gasteiger partial charge is 0.323 e. The molecule has 4 N–H and O–H groups in total. The zero-order valence-electron chi connectivity index (χ0n) is 8.82. The molecule has 1 saturated carbocycles. The van der Waals surface area contributed by atoms with Crippen LogP contribution in [-0.4, -0.2) is 39.8 Å². The van der Waals surface area contributed by atoms with E-state index in [-0.39, 0.29) is 12.5 Å². The van der Waals surface area contributed by atoms with Crippen LogP contribution in [0, 0.1) is 5.92 Å². The fourth-order valence-electron chi connectivity index (χ4n) is 2.18. The van der Waals surface area contributed by atoms with Crippen LogP contribution in [0.2, 0.25) is 0 Å². The average Bonchev–Trinajstić information content (AvgIpc) is 2.56. The van der Waals surface area contributed by atoms with Crippen molar-refractivity contribution in [2.24, 2.45) is 11.7 Å². The van der Waals surface area contributed by atoms with Gasteiger partial charge in [-0.2, -0.15) is 11.8 Å². The molecule has 1 aliphatic rings. The summed E-state index contributed by atoms with van der Waals surface area (Å²) in [5.74, 6) is 0.841. The predicted molar refractivity (Wildman–Crippen MR) is 60.9 cm³/mol. The van der Waals surface area contributed by atoms with Crippen molar-refractivity contribution in [1.82, 2.24) is 0 Å². The van der Waals surface area contributed by atoms with Crippen molar-refractivity contribution in [2.75, 3.05) is 18.1 Å². The van der Waals surface area contributed by atoms with Crippen LogP contribution in [-0.2, 0) is 4.79 Å². The van der Waals surface area contributed by atoms with Crippen molar-refractivity contribution in [1.29, 1.82) is 0 Å². The Hall–Kier alpha value is -0.260. The standard InChI is InChI=1S/C10H19NO3S/c11-10(9(13)14)4-1-2-8(10)3-6-15-7-5-12/h8,12H,1-7,11H2,(H,13,14). The number of nitrogens with two attached hydrogens (primary N) is 1. The Morgan fingerprint density at radius 1 is 1.53 bits per heavy atom. The lowest BCUT2D eigenvalue weighted by molar-refractivity contribution is -0.144. The van der Waals surface area contributed by atoms with Gasteiger partial charge in [0.05, 0.1) is 6.61 Å². The minimum Gasteiger partial charge on any atom is -0.480 e. The number of aliphatic hydroxyl groups is 1. The van der Waals surface area contributed by atoms with E-state index >= 15 is 0 Å². The molecule has 0 spiro atoms. The molecule has 0 radical (unpaired) electrons. The first-order valence-corrected chi connectivity index (χ1v) is 6.47. The highest BCUT2D eigenvalue weighted by Crippen LogP contribution is 2.36. The van der Waals surface area contributed by atoms with E-state index in [0.717, 1.165) is 30.8 Å². The number of carboxylic acids is 1. The number of thioether (sulfide) groups is 1. The molecule has 2 atom stereocenters. The Morgan fingerprint density at radius 3 is 2.87 bits per heavy atom. The summed E-state index contributed by atoms with van der Waals surface area (Å²) in [6.07, 6.45) is 3.27. The molecule has 0 heterocycles. The molecular formula is C10H19NO3S. The summed E-state index contributed by atoms with van der Waals surface area (Å²) in [4.78, 5) is 11.1. The molecule has 0 saturated heterocycles. The molecule has 15 heavy (non-hydrogen) atoms. The quantitative estimate of drug-likeness (QED) is 0.588. The number of carboxylic acid groups (broad SMARTS) is 1. The summed E-state index contributed by atoms with van der Waals surface area (Å²) in [5.41, 5.74) is 4.90. The van der Waals surface area contributed by atoms with Crippen molar-refractivity contribution in [3.63, 3.8) is 0 Å². The number of aliphatic carboxylic acids is 1. The van der Waals surface area contributed by atoms with Gasteiger partial charge < -0.3 is 15.9 Å². The zero-order chi connectivity index (χ0) is 11.3. The molecule has 0 aromatic rings. The van der Waals surface area contributed by atoms with Gasteiger partial charge in [0.1, 0.15) is 5.54 Å². The van der Waals surface area contributed by atoms with Gasteiger partial charge in [0, 0.05) is 5.75 Å². The molecule has 1 rings (SSSR count). The third-order valence-corrected chi connectivity index (χ3v) is 4.11. The lowest BCUT2D eigenvalue weighted by atomic mass is 9.86. The van der Waals surface area contributed by atoms with Gasteiger partial charge in [-0.1, -0.05) is 6.42 Å². The van der Waals surface area contributed by atoms with Crippen LogP contribution < -0.4 is 5.73 Å². The Kier molecular flexibility index (Phi) is 4.89. The van der Waals surface area contributed by atoms with Gasteiger partial charge in [-0.15, -0.1) is 0 Å². The Balaban J connectivity index is 2.37. The largest absolute Gasteiger partial charge is 0.480 e. The molecule has 0 aromatic heterocycles. The molecule has 2 unspecified atom stereocenters. The maximum Gasteiger partial charge on any atom is 0.323 e. The first kappa shape index (κ1) is 12.8. The molecule has 88 valence electrons. The molecule has 5 heteroatoms. The van der Waals surface area contributed by atoms with Crippen molar-refractivity contribution >= 4 is 17.7 Å². The summed E-state index contributed by atoms with van der Waals surface area (Å²) >= 11 is 1.65. The Bertz CT molecular complexity index is 225. The van der Waals surface area contributed by atoms with Crippen LogP contribution in [0.4, 0.5) is 0 Å². The van der Waals surface area contributed by atoms with Gasteiger partial charge in [0.2, 0.25) is 0 Å². The van der Waals surface area contributed by atoms with Gasteiger partial charge in [0.25, 0.3) is 0 Å². The monoisotopic (exact) mass is 233 g/mol. The number of rotatable bonds is 6. The molecular weight excluding hydrogens is 214 g/mol.